The number of aryl methyl sites for hydroxylation is 1. The molecule has 128 valence electrons. The normalized spacial score (nSPS) is 10.7. The number of nitrogens with zero attached hydrogens (tertiary/aromatic N) is 3. The van der Waals surface area contributed by atoms with Gasteiger partial charge in [0, 0.05) is 11.0 Å². The second kappa shape index (κ2) is 7.61. The van der Waals surface area contributed by atoms with E-state index in [9.17, 15) is 4.79 Å². The van der Waals surface area contributed by atoms with Crippen LogP contribution in [0.2, 0.25) is 0 Å². The van der Waals surface area contributed by atoms with Gasteiger partial charge in [0.2, 0.25) is 0 Å². The summed E-state index contributed by atoms with van der Waals surface area (Å²) in [6.45, 7) is 4.43. The van der Waals surface area contributed by atoms with E-state index in [4.69, 9.17) is 0 Å². The van der Waals surface area contributed by atoms with E-state index in [1.54, 1.807) is 4.68 Å². The molecule has 1 aromatic heterocycles. The number of hydrogen-bond acceptors (Lipinski definition) is 3. The topological polar surface area (TPSA) is 59.8 Å². The van der Waals surface area contributed by atoms with E-state index in [-0.39, 0.29) is 5.91 Å². The highest BCUT2D eigenvalue weighted by atomic mass is 79.9. The summed E-state index contributed by atoms with van der Waals surface area (Å²) in [7, 11) is 0. The molecule has 0 spiro atoms. The van der Waals surface area contributed by atoms with Crippen LogP contribution in [-0.2, 0) is 13.0 Å². The summed E-state index contributed by atoms with van der Waals surface area (Å²) < 4.78 is 2.65. The number of amides is 1. The zero-order chi connectivity index (χ0) is 17.8. The quantitative estimate of drug-likeness (QED) is 0.710. The Bertz CT molecular complexity index is 869. The molecule has 0 fully saturated rings. The molecule has 2 aromatic carbocycles. The fourth-order valence-corrected chi connectivity index (χ4v) is 2.79. The third kappa shape index (κ3) is 3.96. The van der Waals surface area contributed by atoms with Crippen LogP contribution in [-0.4, -0.2) is 20.9 Å². The summed E-state index contributed by atoms with van der Waals surface area (Å²) >= 11 is 3.41. The van der Waals surface area contributed by atoms with E-state index in [1.165, 1.54) is 5.56 Å². The Hall–Kier alpha value is -2.47. The van der Waals surface area contributed by atoms with Crippen LogP contribution < -0.4 is 5.32 Å². The van der Waals surface area contributed by atoms with Gasteiger partial charge in [-0.1, -0.05) is 52.3 Å². The van der Waals surface area contributed by atoms with E-state index in [0.29, 0.717) is 17.9 Å². The second-order valence-corrected chi connectivity index (χ2v) is 6.68. The summed E-state index contributed by atoms with van der Waals surface area (Å²) in [5.74, 6) is -0.222. The molecule has 0 bridgehead atoms. The van der Waals surface area contributed by atoms with Gasteiger partial charge in [-0.2, -0.15) is 0 Å². The van der Waals surface area contributed by atoms with Crippen molar-refractivity contribution in [2.75, 3.05) is 0 Å². The first kappa shape index (κ1) is 17.4. The lowest BCUT2D eigenvalue weighted by atomic mass is 10.1. The Morgan fingerprint density at radius 3 is 2.36 bits per heavy atom. The number of rotatable bonds is 5. The number of aromatic nitrogens is 3. The lowest BCUT2D eigenvalue weighted by molar-refractivity contribution is 0.0945. The van der Waals surface area contributed by atoms with Crippen molar-refractivity contribution >= 4 is 21.8 Å². The minimum absolute atomic E-state index is 0.222. The van der Waals surface area contributed by atoms with Crippen molar-refractivity contribution in [1.82, 2.24) is 20.3 Å². The Balaban J connectivity index is 1.71. The number of nitrogens with one attached hydrogen (secondary N) is 1. The van der Waals surface area contributed by atoms with Gasteiger partial charge in [0.25, 0.3) is 5.91 Å². The number of carbonyl (C=O) groups is 1. The maximum atomic E-state index is 12.4. The summed E-state index contributed by atoms with van der Waals surface area (Å²) in [5, 5.41) is 11.1. The van der Waals surface area contributed by atoms with Crippen LogP contribution in [0.1, 0.15) is 34.2 Å². The van der Waals surface area contributed by atoms with Crippen LogP contribution in [0.15, 0.2) is 53.0 Å². The zero-order valence-corrected chi connectivity index (χ0v) is 15.7. The molecule has 6 heteroatoms. The Kier molecular flexibility index (Phi) is 5.28. The number of hydrogen-bond donors (Lipinski definition) is 1. The van der Waals surface area contributed by atoms with Gasteiger partial charge in [0.05, 0.1) is 11.4 Å². The van der Waals surface area contributed by atoms with E-state index >= 15 is 0 Å². The van der Waals surface area contributed by atoms with Crippen molar-refractivity contribution in [3.8, 4) is 5.69 Å². The number of benzene rings is 2. The van der Waals surface area contributed by atoms with Crippen molar-refractivity contribution in [1.29, 1.82) is 0 Å². The summed E-state index contributed by atoms with van der Waals surface area (Å²) in [6.07, 6.45) is 1.00. The van der Waals surface area contributed by atoms with Crippen LogP contribution in [0.5, 0.6) is 0 Å². The van der Waals surface area contributed by atoms with Crippen molar-refractivity contribution < 1.29 is 4.79 Å². The number of halogens is 1. The maximum absolute atomic E-state index is 12.4. The van der Waals surface area contributed by atoms with Gasteiger partial charge >= 0.3 is 0 Å². The highest BCUT2D eigenvalue weighted by molar-refractivity contribution is 9.10. The molecule has 3 aromatic rings. The van der Waals surface area contributed by atoms with Gasteiger partial charge < -0.3 is 5.32 Å². The molecule has 0 aliphatic rings. The first-order chi connectivity index (χ1) is 12.1. The predicted molar refractivity (Wildman–Crippen MR) is 101 cm³/mol. The fourth-order valence-electron chi connectivity index (χ4n) is 2.53. The van der Waals surface area contributed by atoms with Crippen LogP contribution in [0.25, 0.3) is 5.69 Å². The van der Waals surface area contributed by atoms with Crippen LogP contribution >= 0.6 is 15.9 Å². The zero-order valence-electron chi connectivity index (χ0n) is 14.2. The van der Waals surface area contributed by atoms with Crippen LogP contribution in [0, 0.1) is 6.92 Å². The molecule has 25 heavy (non-hydrogen) atoms. The molecule has 0 saturated heterocycles. The summed E-state index contributed by atoms with van der Waals surface area (Å²) in [5.41, 5.74) is 4.25. The van der Waals surface area contributed by atoms with E-state index in [1.807, 2.05) is 43.3 Å². The molecule has 1 N–H and O–H groups in total. The predicted octanol–water partition coefficient (Wildman–Crippen LogP) is 3.83. The number of carbonyl (C=O) groups excluding carboxylic acids is 1. The Morgan fingerprint density at radius 2 is 1.72 bits per heavy atom. The molecule has 0 saturated carbocycles. The maximum Gasteiger partial charge on any atom is 0.274 e. The summed E-state index contributed by atoms with van der Waals surface area (Å²) in [6, 6.07) is 15.9. The molecular formula is C19H19BrN4O. The monoisotopic (exact) mass is 398 g/mol. The van der Waals surface area contributed by atoms with Gasteiger partial charge in [0.15, 0.2) is 5.69 Å². The second-order valence-electron chi connectivity index (χ2n) is 5.76. The molecule has 0 aliphatic heterocycles. The molecule has 1 amide bonds. The standard InChI is InChI=1S/C19H19BrN4O/c1-3-14-4-6-15(7-5-14)12-21-19(25)18-13(2)24(23-22-18)17-10-8-16(20)9-11-17/h4-11H,3,12H2,1-2H3,(H,21,25). The van der Waals surface area contributed by atoms with Crippen LogP contribution in [0.3, 0.4) is 0 Å². The van der Waals surface area contributed by atoms with Gasteiger partial charge in [-0.3, -0.25) is 4.79 Å². The lowest BCUT2D eigenvalue weighted by Gasteiger charge is -2.06. The van der Waals surface area contributed by atoms with Crippen molar-refractivity contribution in [3.05, 3.63) is 75.5 Å². The average Bonchev–Trinajstić information content (AvgIpc) is 3.02. The largest absolute Gasteiger partial charge is 0.347 e. The minimum Gasteiger partial charge on any atom is -0.347 e. The van der Waals surface area contributed by atoms with Crippen molar-refractivity contribution in [2.45, 2.75) is 26.8 Å². The van der Waals surface area contributed by atoms with Gasteiger partial charge in [-0.15, -0.1) is 5.10 Å². The first-order valence-electron chi connectivity index (χ1n) is 8.12. The molecule has 0 unspecified atom stereocenters. The smallest absolute Gasteiger partial charge is 0.274 e. The van der Waals surface area contributed by atoms with E-state index < -0.39 is 0 Å². The molecule has 5 nitrogen and oxygen atoms in total. The minimum atomic E-state index is -0.222. The molecule has 0 radical (unpaired) electrons. The van der Waals surface area contributed by atoms with Gasteiger partial charge in [0.1, 0.15) is 0 Å². The highest BCUT2D eigenvalue weighted by Gasteiger charge is 2.17. The lowest BCUT2D eigenvalue weighted by Crippen LogP contribution is -2.24. The van der Waals surface area contributed by atoms with Gasteiger partial charge in [-0.05, 0) is 48.7 Å². The third-order valence-electron chi connectivity index (χ3n) is 4.07. The van der Waals surface area contributed by atoms with Gasteiger partial charge in [-0.25, -0.2) is 4.68 Å². The van der Waals surface area contributed by atoms with E-state index in [0.717, 1.165) is 22.1 Å². The Labute approximate surface area is 155 Å². The van der Waals surface area contributed by atoms with E-state index in [2.05, 4.69) is 50.6 Å². The molecule has 0 atom stereocenters. The van der Waals surface area contributed by atoms with Crippen LogP contribution in [0.4, 0.5) is 0 Å². The SMILES string of the molecule is CCc1ccc(CNC(=O)c2nnn(-c3ccc(Br)cc3)c2C)cc1. The first-order valence-corrected chi connectivity index (χ1v) is 8.92. The summed E-state index contributed by atoms with van der Waals surface area (Å²) in [4.78, 5) is 12.4. The molecule has 3 rings (SSSR count). The third-order valence-corrected chi connectivity index (χ3v) is 4.59. The van der Waals surface area contributed by atoms with Crippen molar-refractivity contribution in [3.63, 3.8) is 0 Å². The molecule has 0 aliphatic carbocycles. The molecule has 1 heterocycles. The highest BCUT2D eigenvalue weighted by Crippen LogP contribution is 2.16. The Morgan fingerprint density at radius 1 is 1.08 bits per heavy atom. The molecular weight excluding hydrogens is 380 g/mol. The fraction of sp³-hybridized carbons (Fsp3) is 0.211. The van der Waals surface area contributed by atoms with Crippen molar-refractivity contribution in [2.24, 2.45) is 0 Å². The average molecular weight is 399 g/mol.